The van der Waals surface area contributed by atoms with E-state index in [1.54, 1.807) is 23.9 Å². The molecule has 1 saturated heterocycles. The third kappa shape index (κ3) is 5.96. The van der Waals surface area contributed by atoms with Gasteiger partial charge in [0.25, 0.3) is 0 Å². The summed E-state index contributed by atoms with van der Waals surface area (Å²) in [7, 11) is 3.50. The number of nitrogens with one attached hydrogen (secondary N) is 1. The fourth-order valence-electron chi connectivity index (χ4n) is 2.87. The van der Waals surface area contributed by atoms with Crippen molar-refractivity contribution >= 4 is 11.9 Å². The predicted octanol–water partition coefficient (Wildman–Crippen LogP) is 2.27. The molecule has 1 heterocycles. The Bertz CT molecular complexity index is 564. The number of likely N-dealkylation sites (tertiary alicyclic amines) is 1. The molecule has 1 aromatic rings. The third-order valence-corrected chi connectivity index (χ3v) is 4.43. The van der Waals surface area contributed by atoms with Crippen LogP contribution in [0, 0.1) is 12.8 Å². The highest BCUT2D eigenvalue weighted by Crippen LogP contribution is 2.18. The fraction of sp³-hybridized carbons (Fsp3) is 0.579. The minimum Gasteiger partial charge on any atom is -0.494 e. The van der Waals surface area contributed by atoms with Gasteiger partial charge in [-0.15, -0.1) is 0 Å². The smallest absolute Gasteiger partial charge is 0.319 e. The molecule has 1 aliphatic heterocycles. The Balaban J connectivity index is 1.60. The zero-order valence-electron chi connectivity index (χ0n) is 15.5. The number of carbonyl (C=O) groups is 2. The van der Waals surface area contributed by atoms with Gasteiger partial charge in [-0.2, -0.15) is 0 Å². The summed E-state index contributed by atoms with van der Waals surface area (Å²) in [4.78, 5) is 27.5. The number of aryl methyl sites for hydroxylation is 1. The molecule has 0 saturated carbocycles. The van der Waals surface area contributed by atoms with Gasteiger partial charge in [-0.3, -0.25) is 4.79 Å². The predicted molar refractivity (Wildman–Crippen MR) is 97.7 cm³/mol. The second-order valence-electron chi connectivity index (χ2n) is 6.74. The molecule has 2 rings (SSSR count). The lowest BCUT2D eigenvalue weighted by Crippen LogP contribution is -2.46. The number of nitrogens with zero attached hydrogens (tertiary/aromatic N) is 2. The van der Waals surface area contributed by atoms with Crippen LogP contribution in [-0.4, -0.2) is 62.1 Å². The summed E-state index contributed by atoms with van der Waals surface area (Å²) in [5, 5.41) is 2.98. The molecule has 1 N–H and O–H groups in total. The van der Waals surface area contributed by atoms with Gasteiger partial charge < -0.3 is 19.9 Å². The Morgan fingerprint density at radius 3 is 2.44 bits per heavy atom. The van der Waals surface area contributed by atoms with Gasteiger partial charge >= 0.3 is 6.03 Å². The molecule has 6 nitrogen and oxygen atoms in total. The van der Waals surface area contributed by atoms with Crippen LogP contribution in [0.25, 0.3) is 0 Å². The second-order valence-corrected chi connectivity index (χ2v) is 6.74. The Hall–Kier alpha value is -2.24. The van der Waals surface area contributed by atoms with E-state index in [0.717, 1.165) is 25.0 Å². The SMILES string of the molecule is Cc1ccc(OCCCNC(=O)C2CCN(C(=O)N(C)C)CC2)cc1. The summed E-state index contributed by atoms with van der Waals surface area (Å²) >= 11 is 0. The van der Waals surface area contributed by atoms with Crippen molar-refractivity contribution in [3.63, 3.8) is 0 Å². The van der Waals surface area contributed by atoms with Crippen LogP contribution in [0.2, 0.25) is 0 Å². The van der Waals surface area contributed by atoms with Gasteiger partial charge in [0.1, 0.15) is 5.75 Å². The summed E-state index contributed by atoms with van der Waals surface area (Å²) in [6.45, 7) is 4.53. The fourth-order valence-corrected chi connectivity index (χ4v) is 2.87. The molecule has 6 heteroatoms. The first-order chi connectivity index (χ1) is 12.0. The maximum absolute atomic E-state index is 12.2. The molecular formula is C19H29N3O3. The van der Waals surface area contributed by atoms with Gasteiger partial charge in [-0.1, -0.05) is 17.7 Å². The van der Waals surface area contributed by atoms with Crippen LogP contribution in [-0.2, 0) is 4.79 Å². The molecule has 0 spiro atoms. The molecule has 138 valence electrons. The van der Waals surface area contributed by atoms with E-state index in [4.69, 9.17) is 4.74 Å². The molecule has 0 aliphatic carbocycles. The van der Waals surface area contributed by atoms with Crippen molar-refractivity contribution in [2.45, 2.75) is 26.2 Å². The quantitative estimate of drug-likeness (QED) is 0.803. The largest absolute Gasteiger partial charge is 0.494 e. The summed E-state index contributed by atoms with van der Waals surface area (Å²) in [6, 6.07) is 7.97. The van der Waals surface area contributed by atoms with Crippen molar-refractivity contribution in [3.8, 4) is 5.75 Å². The van der Waals surface area contributed by atoms with Crippen molar-refractivity contribution in [2.24, 2.45) is 5.92 Å². The Morgan fingerprint density at radius 2 is 1.84 bits per heavy atom. The van der Waals surface area contributed by atoms with Crippen molar-refractivity contribution in [3.05, 3.63) is 29.8 Å². The van der Waals surface area contributed by atoms with Crippen molar-refractivity contribution in [2.75, 3.05) is 40.3 Å². The van der Waals surface area contributed by atoms with Crippen LogP contribution in [0.15, 0.2) is 24.3 Å². The van der Waals surface area contributed by atoms with E-state index in [2.05, 4.69) is 5.32 Å². The molecule has 3 amide bonds. The van der Waals surface area contributed by atoms with Crippen molar-refractivity contribution < 1.29 is 14.3 Å². The number of ether oxygens (including phenoxy) is 1. The maximum Gasteiger partial charge on any atom is 0.319 e. The number of amides is 3. The highest BCUT2D eigenvalue weighted by atomic mass is 16.5. The van der Waals surface area contributed by atoms with Crippen molar-refractivity contribution in [1.29, 1.82) is 0 Å². The number of hydrogen-bond donors (Lipinski definition) is 1. The Labute approximate surface area is 150 Å². The molecule has 25 heavy (non-hydrogen) atoms. The lowest BCUT2D eigenvalue weighted by Gasteiger charge is -2.33. The molecule has 1 fully saturated rings. The topological polar surface area (TPSA) is 61.9 Å². The number of piperidine rings is 1. The van der Waals surface area contributed by atoms with Gasteiger partial charge in [-0.05, 0) is 38.3 Å². The number of urea groups is 1. The van der Waals surface area contributed by atoms with E-state index < -0.39 is 0 Å². The molecule has 1 aliphatic rings. The Morgan fingerprint density at radius 1 is 1.20 bits per heavy atom. The number of hydrogen-bond acceptors (Lipinski definition) is 3. The normalized spacial score (nSPS) is 14.9. The van der Waals surface area contributed by atoms with Crippen molar-refractivity contribution in [1.82, 2.24) is 15.1 Å². The molecule has 0 unspecified atom stereocenters. The lowest BCUT2D eigenvalue weighted by molar-refractivity contribution is -0.126. The number of benzene rings is 1. The minimum absolute atomic E-state index is 0.00392. The average molecular weight is 347 g/mol. The van der Waals surface area contributed by atoms with Crippen LogP contribution in [0.5, 0.6) is 5.75 Å². The van der Waals surface area contributed by atoms with Crippen LogP contribution in [0.1, 0.15) is 24.8 Å². The highest BCUT2D eigenvalue weighted by Gasteiger charge is 2.27. The van der Waals surface area contributed by atoms with Gasteiger partial charge in [0.2, 0.25) is 5.91 Å². The highest BCUT2D eigenvalue weighted by molar-refractivity contribution is 5.79. The molecule has 0 atom stereocenters. The van der Waals surface area contributed by atoms with Crippen LogP contribution < -0.4 is 10.1 Å². The molecular weight excluding hydrogens is 318 g/mol. The van der Waals surface area contributed by atoms with Crippen LogP contribution >= 0.6 is 0 Å². The second kappa shape index (κ2) is 9.30. The summed E-state index contributed by atoms with van der Waals surface area (Å²) in [6.07, 6.45) is 2.23. The van der Waals surface area contributed by atoms with E-state index in [1.807, 2.05) is 31.2 Å². The Kier molecular flexibility index (Phi) is 7.10. The lowest BCUT2D eigenvalue weighted by atomic mass is 9.96. The third-order valence-electron chi connectivity index (χ3n) is 4.43. The summed E-state index contributed by atoms with van der Waals surface area (Å²) in [5.41, 5.74) is 1.21. The zero-order valence-corrected chi connectivity index (χ0v) is 15.5. The van der Waals surface area contributed by atoms with E-state index in [9.17, 15) is 9.59 Å². The zero-order chi connectivity index (χ0) is 18.2. The monoisotopic (exact) mass is 347 g/mol. The van der Waals surface area contributed by atoms with Crippen LogP contribution in [0.4, 0.5) is 4.79 Å². The first-order valence-corrected chi connectivity index (χ1v) is 8.91. The first kappa shape index (κ1) is 19.1. The molecule has 0 radical (unpaired) electrons. The van der Waals surface area contributed by atoms with E-state index in [0.29, 0.717) is 26.2 Å². The average Bonchev–Trinajstić information content (AvgIpc) is 2.62. The molecule has 0 aromatic heterocycles. The molecule has 1 aromatic carbocycles. The number of rotatable bonds is 6. The van der Waals surface area contributed by atoms with Crippen LogP contribution in [0.3, 0.4) is 0 Å². The van der Waals surface area contributed by atoms with E-state index >= 15 is 0 Å². The maximum atomic E-state index is 12.2. The standard InChI is InChI=1S/C19H29N3O3/c1-15-5-7-17(8-6-15)25-14-4-11-20-18(23)16-9-12-22(13-10-16)19(24)21(2)3/h5-8,16H,4,9-14H2,1-3H3,(H,20,23). The summed E-state index contributed by atoms with van der Waals surface area (Å²) in [5.74, 6) is 0.950. The van der Waals surface area contributed by atoms with Gasteiger partial charge in [0.15, 0.2) is 0 Å². The number of carbonyl (C=O) groups excluding carboxylic acids is 2. The van der Waals surface area contributed by atoms with Gasteiger partial charge in [0, 0.05) is 39.6 Å². The van der Waals surface area contributed by atoms with Gasteiger partial charge in [-0.25, -0.2) is 4.79 Å². The summed E-state index contributed by atoms with van der Waals surface area (Å²) < 4.78 is 5.65. The van der Waals surface area contributed by atoms with Gasteiger partial charge in [0.05, 0.1) is 6.61 Å². The minimum atomic E-state index is 0.00392. The van der Waals surface area contributed by atoms with E-state index in [-0.39, 0.29) is 17.9 Å². The first-order valence-electron chi connectivity index (χ1n) is 8.91. The molecule has 0 bridgehead atoms. The van der Waals surface area contributed by atoms with E-state index in [1.165, 1.54) is 5.56 Å².